The van der Waals surface area contributed by atoms with Crippen LogP contribution in [0.4, 0.5) is 0 Å². The second-order valence-electron chi connectivity index (χ2n) is 6.76. The van der Waals surface area contributed by atoms with Crippen LogP contribution in [0.15, 0.2) is 11.6 Å². The van der Waals surface area contributed by atoms with Gasteiger partial charge in [-0.2, -0.15) is 0 Å². The Kier molecular flexibility index (Phi) is 4.79. The number of hydroxylamine groups is 2. The first-order chi connectivity index (χ1) is 7.76. The Balaban J connectivity index is 2.42. The molecular weight excluding hydrogens is 210 g/mol. The third-order valence-electron chi connectivity index (χ3n) is 4.23. The van der Waals surface area contributed by atoms with Crippen molar-refractivity contribution in [2.75, 3.05) is 6.54 Å². The molecule has 0 heterocycles. The minimum Gasteiger partial charge on any atom is -0.634 e. The Hall–Kier alpha value is -0.340. The largest absolute Gasteiger partial charge is 0.634 e. The normalized spacial score (nSPS) is 31.2. The minimum absolute atomic E-state index is 0.196. The lowest BCUT2D eigenvalue weighted by Gasteiger charge is -2.30. The number of quaternary nitrogens is 1. The van der Waals surface area contributed by atoms with Crippen LogP contribution in [0.3, 0.4) is 0 Å². The molecule has 1 aliphatic carbocycles. The first-order valence-corrected chi connectivity index (χ1v) is 6.92. The van der Waals surface area contributed by atoms with E-state index in [0.29, 0.717) is 10.5 Å². The zero-order valence-corrected chi connectivity index (χ0v) is 12.3. The number of allylic oxidation sites excluding steroid dienone is 2. The Morgan fingerprint density at radius 3 is 2.47 bits per heavy atom. The lowest BCUT2D eigenvalue weighted by Crippen LogP contribution is -3.11. The van der Waals surface area contributed by atoms with Gasteiger partial charge in [0.1, 0.15) is 0 Å². The van der Waals surface area contributed by atoms with Crippen molar-refractivity contribution in [2.24, 2.45) is 17.3 Å². The summed E-state index contributed by atoms with van der Waals surface area (Å²) in [5.74, 6) is 1.47. The van der Waals surface area contributed by atoms with Gasteiger partial charge in [0, 0.05) is 5.41 Å². The zero-order valence-electron chi connectivity index (χ0n) is 12.3. The van der Waals surface area contributed by atoms with Gasteiger partial charge in [-0.3, -0.25) is 0 Å². The first kappa shape index (κ1) is 14.7. The fourth-order valence-corrected chi connectivity index (χ4v) is 2.72. The highest BCUT2D eigenvalue weighted by Gasteiger charge is 2.54. The number of nitrogens with one attached hydrogen (secondary N) is 1. The molecule has 0 bridgehead atoms. The molecular formula is C15H29NO. The standard InChI is InChI=1S/C15H29NO/c1-11(2)7-8-13(5)14-9-15(14,6)10-16(17)12(3)4/h7,12-14,16H,8-10H2,1-6H3. The van der Waals surface area contributed by atoms with Crippen LogP contribution in [-0.2, 0) is 0 Å². The van der Waals surface area contributed by atoms with Gasteiger partial charge in [-0.1, -0.05) is 25.5 Å². The highest BCUT2D eigenvalue weighted by molar-refractivity contribution is 5.03. The van der Waals surface area contributed by atoms with Crippen LogP contribution in [0, 0.1) is 22.5 Å². The molecule has 1 saturated carbocycles. The molecule has 2 nitrogen and oxygen atoms in total. The maximum Gasteiger partial charge on any atom is 0.0827 e. The SMILES string of the molecule is CC(C)=CCC(C)C1CC1(C)C[NH+]([O-])C(C)C. The molecule has 2 heteroatoms. The molecule has 100 valence electrons. The van der Waals surface area contributed by atoms with E-state index >= 15 is 0 Å². The number of hydrogen-bond acceptors (Lipinski definition) is 1. The van der Waals surface area contributed by atoms with Crippen LogP contribution in [0.25, 0.3) is 0 Å². The number of hydrogen-bond donors (Lipinski definition) is 1. The fraction of sp³-hybridized carbons (Fsp3) is 0.867. The predicted molar refractivity (Wildman–Crippen MR) is 73.8 cm³/mol. The van der Waals surface area contributed by atoms with Crippen LogP contribution in [0.2, 0.25) is 0 Å². The topological polar surface area (TPSA) is 27.5 Å². The van der Waals surface area contributed by atoms with Crippen LogP contribution in [-0.4, -0.2) is 12.6 Å². The van der Waals surface area contributed by atoms with Crippen molar-refractivity contribution in [1.29, 1.82) is 0 Å². The highest BCUT2D eigenvalue weighted by Crippen LogP contribution is 2.56. The zero-order chi connectivity index (χ0) is 13.2. The first-order valence-electron chi connectivity index (χ1n) is 6.92. The summed E-state index contributed by atoms with van der Waals surface area (Å²) >= 11 is 0. The third-order valence-corrected chi connectivity index (χ3v) is 4.23. The molecule has 0 aromatic carbocycles. The van der Waals surface area contributed by atoms with E-state index in [-0.39, 0.29) is 6.04 Å². The number of rotatable bonds is 6. The molecule has 1 rings (SSSR count). The van der Waals surface area contributed by atoms with Gasteiger partial charge in [0.25, 0.3) is 0 Å². The molecule has 4 unspecified atom stereocenters. The van der Waals surface area contributed by atoms with Gasteiger partial charge in [0.2, 0.25) is 0 Å². The van der Waals surface area contributed by atoms with E-state index in [1.165, 1.54) is 18.4 Å². The molecule has 0 saturated heterocycles. The molecule has 0 aromatic heterocycles. The van der Waals surface area contributed by atoms with Gasteiger partial charge in [0.15, 0.2) is 0 Å². The Morgan fingerprint density at radius 1 is 1.41 bits per heavy atom. The van der Waals surface area contributed by atoms with Gasteiger partial charge < -0.3 is 10.3 Å². The van der Waals surface area contributed by atoms with Crippen molar-refractivity contribution < 1.29 is 5.06 Å². The molecule has 17 heavy (non-hydrogen) atoms. The van der Waals surface area contributed by atoms with E-state index in [2.05, 4.69) is 33.8 Å². The smallest absolute Gasteiger partial charge is 0.0827 e. The summed E-state index contributed by atoms with van der Waals surface area (Å²) in [6, 6.07) is 0.196. The molecule has 0 aromatic rings. The van der Waals surface area contributed by atoms with Crippen LogP contribution >= 0.6 is 0 Å². The maximum absolute atomic E-state index is 11.8. The van der Waals surface area contributed by atoms with Gasteiger partial charge in [0.05, 0.1) is 12.6 Å². The van der Waals surface area contributed by atoms with Crippen molar-refractivity contribution in [3.8, 4) is 0 Å². The molecule has 1 aliphatic rings. The second-order valence-corrected chi connectivity index (χ2v) is 6.76. The quantitative estimate of drug-likeness (QED) is 0.560. The molecule has 1 fully saturated rings. The van der Waals surface area contributed by atoms with Crippen LogP contribution in [0.1, 0.15) is 54.4 Å². The summed E-state index contributed by atoms with van der Waals surface area (Å²) in [6.07, 6.45) is 4.73. The Labute approximate surface area is 107 Å². The van der Waals surface area contributed by atoms with E-state index in [0.717, 1.165) is 18.4 Å². The van der Waals surface area contributed by atoms with Crippen LogP contribution < -0.4 is 5.06 Å². The Bertz CT molecular complexity index is 281. The monoisotopic (exact) mass is 239 g/mol. The molecule has 0 radical (unpaired) electrons. The van der Waals surface area contributed by atoms with Gasteiger partial charge in [-0.25, -0.2) is 0 Å². The van der Waals surface area contributed by atoms with Gasteiger partial charge >= 0.3 is 0 Å². The fourth-order valence-electron chi connectivity index (χ4n) is 2.72. The lowest BCUT2D eigenvalue weighted by atomic mass is 9.94. The highest BCUT2D eigenvalue weighted by atomic mass is 16.5. The third kappa shape index (κ3) is 4.11. The van der Waals surface area contributed by atoms with E-state index in [4.69, 9.17) is 0 Å². The van der Waals surface area contributed by atoms with E-state index < -0.39 is 0 Å². The Morgan fingerprint density at radius 2 is 2.00 bits per heavy atom. The predicted octanol–water partition coefficient (Wildman–Crippen LogP) is 2.80. The molecule has 1 N–H and O–H groups in total. The summed E-state index contributed by atoms with van der Waals surface area (Å²) in [7, 11) is 0. The van der Waals surface area contributed by atoms with Crippen molar-refractivity contribution in [2.45, 2.75) is 60.4 Å². The maximum atomic E-state index is 11.8. The average molecular weight is 239 g/mol. The van der Waals surface area contributed by atoms with Gasteiger partial charge in [-0.15, -0.1) is 0 Å². The molecule has 4 atom stereocenters. The van der Waals surface area contributed by atoms with Crippen LogP contribution in [0.5, 0.6) is 0 Å². The lowest BCUT2D eigenvalue weighted by molar-refractivity contribution is -0.876. The molecule has 0 spiro atoms. The average Bonchev–Trinajstić information content (AvgIpc) is 2.86. The summed E-state index contributed by atoms with van der Waals surface area (Å²) in [4.78, 5) is 0. The summed E-state index contributed by atoms with van der Waals surface area (Å²) < 4.78 is 0. The molecule has 0 aliphatic heterocycles. The van der Waals surface area contributed by atoms with E-state index in [9.17, 15) is 5.21 Å². The van der Waals surface area contributed by atoms with Crippen molar-refractivity contribution >= 4 is 0 Å². The molecule has 0 amide bonds. The minimum atomic E-state index is 0.196. The van der Waals surface area contributed by atoms with Crippen molar-refractivity contribution in [3.05, 3.63) is 16.9 Å². The second kappa shape index (κ2) is 5.53. The van der Waals surface area contributed by atoms with Gasteiger partial charge in [-0.05, 0) is 52.4 Å². The summed E-state index contributed by atoms with van der Waals surface area (Å²) in [5, 5.41) is 12.3. The summed E-state index contributed by atoms with van der Waals surface area (Å²) in [5.41, 5.74) is 1.70. The van der Waals surface area contributed by atoms with Crippen molar-refractivity contribution in [3.63, 3.8) is 0 Å². The van der Waals surface area contributed by atoms with E-state index in [1.807, 2.05) is 13.8 Å². The van der Waals surface area contributed by atoms with Crippen molar-refractivity contribution in [1.82, 2.24) is 0 Å². The van der Waals surface area contributed by atoms with E-state index in [1.54, 1.807) is 0 Å². The summed E-state index contributed by atoms with van der Waals surface area (Å²) in [6.45, 7) is 13.7.